The van der Waals surface area contributed by atoms with E-state index in [-0.39, 0.29) is 30.2 Å². The number of aliphatic hydroxyl groups is 1. The number of likely N-dealkylation sites (tertiary alicyclic amines) is 1. The van der Waals surface area contributed by atoms with Crippen LogP contribution in [0.4, 0.5) is 0 Å². The van der Waals surface area contributed by atoms with Crippen molar-refractivity contribution in [2.45, 2.75) is 25.9 Å². The number of aliphatic hydroxyl groups excluding tert-OH is 1. The molecule has 3 N–H and O–H groups in total. The standard InChI is InChI=1S/C24H28N4O3/c1-17-13-25-24(31)28(17)21-9-5-8-19(12-21)23(30)26-22-15-27(11-10-20(22)16-29)14-18-6-3-2-4-7-18/h2-9,12-13,20,22,29H,10-11,14-16H2,1H3,(H,25,31)(H,26,30). The molecule has 1 amide bonds. The van der Waals surface area contributed by atoms with Crippen LogP contribution in [0.25, 0.3) is 5.69 Å². The molecule has 4 rings (SSSR count). The molecule has 2 atom stereocenters. The Morgan fingerprint density at radius 3 is 2.71 bits per heavy atom. The summed E-state index contributed by atoms with van der Waals surface area (Å²) in [7, 11) is 0. The fourth-order valence-corrected chi connectivity index (χ4v) is 4.25. The van der Waals surface area contributed by atoms with Gasteiger partial charge in [-0.15, -0.1) is 0 Å². The first-order chi connectivity index (χ1) is 15.0. The Kier molecular flexibility index (Phi) is 6.34. The van der Waals surface area contributed by atoms with Gasteiger partial charge in [-0.2, -0.15) is 0 Å². The summed E-state index contributed by atoms with van der Waals surface area (Å²) in [6, 6.07) is 17.1. The van der Waals surface area contributed by atoms with E-state index in [0.29, 0.717) is 17.8 Å². The second-order valence-electron chi connectivity index (χ2n) is 8.15. The highest BCUT2D eigenvalue weighted by Gasteiger charge is 2.30. The first-order valence-electron chi connectivity index (χ1n) is 10.6. The van der Waals surface area contributed by atoms with Gasteiger partial charge in [-0.3, -0.25) is 14.3 Å². The summed E-state index contributed by atoms with van der Waals surface area (Å²) in [6.45, 7) is 4.26. The minimum Gasteiger partial charge on any atom is -0.396 e. The average Bonchev–Trinajstić information content (AvgIpc) is 3.12. The van der Waals surface area contributed by atoms with Crippen molar-refractivity contribution in [2.75, 3.05) is 19.7 Å². The number of hydrogen-bond acceptors (Lipinski definition) is 4. The van der Waals surface area contributed by atoms with Gasteiger partial charge in [0.25, 0.3) is 5.91 Å². The predicted molar refractivity (Wildman–Crippen MR) is 119 cm³/mol. The van der Waals surface area contributed by atoms with Crippen LogP contribution in [0.3, 0.4) is 0 Å². The number of imidazole rings is 1. The van der Waals surface area contributed by atoms with Crippen LogP contribution in [0, 0.1) is 12.8 Å². The van der Waals surface area contributed by atoms with Crippen LogP contribution in [0.15, 0.2) is 65.6 Å². The minimum absolute atomic E-state index is 0.0219. The van der Waals surface area contributed by atoms with Crippen molar-refractivity contribution in [1.82, 2.24) is 19.8 Å². The molecule has 7 nitrogen and oxygen atoms in total. The first kappa shape index (κ1) is 21.1. The summed E-state index contributed by atoms with van der Waals surface area (Å²) >= 11 is 0. The van der Waals surface area contributed by atoms with Crippen molar-refractivity contribution in [1.29, 1.82) is 0 Å². The van der Waals surface area contributed by atoms with Crippen LogP contribution in [-0.2, 0) is 6.54 Å². The fraction of sp³-hybridized carbons (Fsp3) is 0.333. The SMILES string of the molecule is Cc1c[nH]c(=O)n1-c1cccc(C(=O)NC2CN(Cc3ccccc3)CCC2CO)c1. The third-order valence-electron chi connectivity index (χ3n) is 5.97. The Labute approximate surface area is 181 Å². The van der Waals surface area contributed by atoms with Crippen molar-refractivity contribution >= 4 is 5.91 Å². The number of rotatable bonds is 6. The predicted octanol–water partition coefficient (Wildman–Crippen LogP) is 2.09. The number of amides is 1. The van der Waals surface area contributed by atoms with Gasteiger partial charge in [0, 0.05) is 49.1 Å². The lowest BCUT2D eigenvalue weighted by atomic mass is 9.91. The molecule has 1 aliphatic rings. The van der Waals surface area contributed by atoms with E-state index in [1.165, 1.54) is 10.1 Å². The number of carbonyl (C=O) groups is 1. The zero-order valence-corrected chi connectivity index (χ0v) is 17.6. The molecule has 0 aliphatic carbocycles. The molecule has 2 unspecified atom stereocenters. The number of carbonyl (C=O) groups excluding carboxylic acids is 1. The van der Waals surface area contributed by atoms with E-state index in [1.807, 2.05) is 25.1 Å². The van der Waals surface area contributed by atoms with Crippen LogP contribution in [0.2, 0.25) is 0 Å². The van der Waals surface area contributed by atoms with Crippen LogP contribution in [-0.4, -0.2) is 51.2 Å². The van der Waals surface area contributed by atoms with E-state index < -0.39 is 0 Å². The van der Waals surface area contributed by atoms with Gasteiger partial charge in [0.15, 0.2) is 0 Å². The van der Waals surface area contributed by atoms with Gasteiger partial charge in [0.1, 0.15) is 0 Å². The van der Waals surface area contributed by atoms with Gasteiger partial charge in [-0.05, 0) is 43.7 Å². The van der Waals surface area contributed by atoms with Gasteiger partial charge in [0.2, 0.25) is 0 Å². The lowest BCUT2D eigenvalue weighted by molar-refractivity contribution is 0.0730. The molecule has 0 spiro atoms. The quantitative estimate of drug-likeness (QED) is 0.570. The molecule has 0 saturated carbocycles. The lowest BCUT2D eigenvalue weighted by Gasteiger charge is -2.38. The van der Waals surface area contributed by atoms with E-state index in [1.54, 1.807) is 30.5 Å². The maximum Gasteiger partial charge on any atom is 0.330 e. The van der Waals surface area contributed by atoms with Gasteiger partial charge in [-0.1, -0.05) is 36.4 Å². The summed E-state index contributed by atoms with van der Waals surface area (Å²) in [6.07, 6.45) is 2.47. The lowest BCUT2D eigenvalue weighted by Crippen LogP contribution is -2.53. The number of nitrogens with one attached hydrogen (secondary N) is 2. The number of H-pyrrole nitrogens is 1. The highest BCUT2D eigenvalue weighted by molar-refractivity contribution is 5.95. The maximum atomic E-state index is 13.0. The Bertz CT molecular complexity index is 1090. The van der Waals surface area contributed by atoms with Crippen molar-refractivity contribution < 1.29 is 9.90 Å². The van der Waals surface area contributed by atoms with Crippen molar-refractivity contribution in [2.24, 2.45) is 5.92 Å². The van der Waals surface area contributed by atoms with Crippen molar-refractivity contribution in [3.8, 4) is 5.69 Å². The highest BCUT2D eigenvalue weighted by atomic mass is 16.3. The molecule has 1 saturated heterocycles. The van der Waals surface area contributed by atoms with E-state index in [0.717, 1.165) is 25.2 Å². The number of hydrogen-bond donors (Lipinski definition) is 3. The number of aromatic amines is 1. The number of piperidine rings is 1. The molecule has 2 aromatic carbocycles. The van der Waals surface area contributed by atoms with E-state index in [9.17, 15) is 14.7 Å². The van der Waals surface area contributed by atoms with Crippen LogP contribution >= 0.6 is 0 Å². The molecular formula is C24H28N4O3. The third-order valence-corrected chi connectivity index (χ3v) is 5.97. The third kappa shape index (κ3) is 4.78. The molecule has 162 valence electrons. The number of benzene rings is 2. The molecular weight excluding hydrogens is 392 g/mol. The number of aromatic nitrogens is 2. The summed E-state index contributed by atoms with van der Waals surface area (Å²) < 4.78 is 1.54. The molecule has 0 radical (unpaired) electrons. The van der Waals surface area contributed by atoms with Crippen molar-refractivity contribution in [3.05, 3.63) is 88.1 Å². The molecule has 0 bridgehead atoms. The molecule has 2 heterocycles. The Balaban J connectivity index is 1.48. The molecule has 1 fully saturated rings. The van der Waals surface area contributed by atoms with E-state index >= 15 is 0 Å². The maximum absolute atomic E-state index is 13.0. The zero-order chi connectivity index (χ0) is 21.8. The van der Waals surface area contributed by atoms with Crippen LogP contribution in [0.1, 0.15) is 28.0 Å². The summed E-state index contributed by atoms with van der Waals surface area (Å²) in [5.74, 6) is -0.179. The Hall–Kier alpha value is -3.16. The Morgan fingerprint density at radius 1 is 1.19 bits per heavy atom. The minimum atomic E-state index is -0.237. The summed E-state index contributed by atoms with van der Waals surface area (Å²) in [5, 5.41) is 13.0. The molecule has 31 heavy (non-hydrogen) atoms. The summed E-state index contributed by atoms with van der Waals surface area (Å²) in [4.78, 5) is 30.1. The van der Waals surface area contributed by atoms with E-state index in [4.69, 9.17) is 0 Å². The molecule has 3 aromatic rings. The second-order valence-corrected chi connectivity index (χ2v) is 8.15. The average molecular weight is 421 g/mol. The van der Waals surface area contributed by atoms with Gasteiger partial charge in [-0.25, -0.2) is 4.79 Å². The number of nitrogens with zero attached hydrogens (tertiary/aromatic N) is 2. The normalized spacial score (nSPS) is 19.3. The fourth-order valence-electron chi connectivity index (χ4n) is 4.25. The van der Waals surface area contributed by atoms with Crippen LogP contribution in [0.5, 0.6) is 0 Å². The van der Waals surface area contributed by atoms with Crippen LogP contribution < -0.4 is 11.0 Å². The monoisotopic (exact) mass is 420 g/mol. The molecule has 7 heteroatoms. The highest BCUT2D eigenvalue weighted by Crippen LogP contribution is 2.20. The zero-order valence-electron chi connectivity index (χ0n) is 17.6. The largest absolute Gasteiger partial charge is 0.396 e. The summed E-state index contributed by atoms with van der Waals surface area (Å²) in [5.41, 5.74) is 2.90. The van der Waals surface area contributed by atoms with Gasteiger partial charge >= 0.3 is 5.69 Å². The van der Waals surface area contributed by atoms with Gasteiger partial charge in [0.05, 0.1) is 5.69 Å². The smallest absolute Gasteiger partial charge is 0.330 e. The Morgan fingerprint density at radius 2 is 2.00 bits per heavy atom. The van der Waals surface area contributed by atoms with Crippen molar-refractivity contribution in [3.63, 3.8) is 0 Å². The number of aryl methyl sites for hydroxylation is 1. The molecule has 1 aliphatic heterocycles. The second kappa shape index (κ2) is 9.32. The topological polar surface area (TPSA) is 90.4 Å². The molecule has 1 aromatic heterocycles. The first-order valence-corrected chi connectivity index (χ1v) is 10.6. The van der Waals surface area contributed by atoms with Gasteiger partial charge < -0.3 is 15.4 Å². The van der Waals surface area contributed by atoms with E-state index in [2.05, 4.69) is 27.3 Å².